The van der Waals surface area contributed by atoms with Crippen molar-refractivity contribution < 1.29 is 19.4 Å². The molecule has 134 valence electrons. The van der Waals surface area contributed by atoms with E-state index in [0.717, 1.165) is 24.6 Å². The molecule has 1 fully saturated rings. The first kappa shape index (κ1) is 18.6. The summed E-state index contributed by atoms with van der Waals surface area (Å²) in [6, 6.07) is 6.57. The molecule has 0 amide bonds. The summed E-state index contributed by atoms with van der Waals surface area (Å²) >= 11 is 0. The van der Waals surface area contributed by atoms with Crippen LogP contribution >= 0.6 is 0 Å². The molecule has 0 radical (unpaired) electrons. The Bertz CT molecular complexity index is 526. The van der Waals surface area contributed by atoms with Gasteiger partial charge in [-0.3, -0.25) is 9.69 Å². The van der Waals surface area contributed by atoms with Crippen LogP contribution in [0.5, 0.6) is 11.5 Å². The highest BCUT2D eigenvalue weighted by Gasteiger charge is 2.21. The molecule has 1 aromatic carbocycles. The van der Waals surface area contributed by atoms with Crippen LogP contribution in [0, 0.1) is 0 Å². The third-order valence-electron chi connectivity index (χ3n) is 4.76. The van der Waals surface area contributed by atoms with Gasteiger partial charge in [0.2, 0.25) is 0 Å². The summed E-state index contributed by atoms with van der Waals surface area (Å²) in [7, 11) is 3.28. The monoisotopic (exact) mass is 335 g/mol. The van der Waals surface area contributed by atoms with Crippen LogP contribution in [-0.2, 0) is 11.3 Å². The Kier molecular flexibility index (Phi) is 7.37. The molecule has 1 aliphatic rings. The van der Waals surface area contributed by atoms with Gasteiger partial charge in [0.25, 0.3) is 0 Å². The zero-order valence-electron chi connectivity index (χ0n) is 14.8. The van der Waals surface area contributed by atoms with Crippen molar-refractivity contribution in [2.24, 2.45) is 0 Å². The molecule has 0 aromatic heterocycles. The Balaban J connectivity index is 2.06. The number of carbonyl (C=O) groups is 1. The van der Waals surface area contributed by atoms with E-state index >= 15 is 0 Å². The fourth-order valence-electron chi connectivity index (χ4n) is 3.48. The summed E-state index contributed by atoms with van der Waals surface area (Å²) in [6.45, 7) is 1.65. The zero-order valence-corrected chi connectivity index (χ0v) is 14.8. The van der Waals surface area contributed by atoms with E-state index in [1.807, 2.05) is 12.1 Å². The van der Waals surface area contributed by atoms with E-state index < -0.39 is 5.97 Å². The summed E-state index contributed by atoms with van der Waals surface area (Å²) in [5.41, 5.74) is 1.17. The lowest BCUT2D eigenvalue weighted by molar-refractivity contribution is -0.137. The normalized spacial score (nSPS) is 15.5. The average Bonchev–Trinajstić information content (AvgIpc) is 2.61. The SMILES string of the molecule is COc1ccc(CN(CCCC(=O)O)C2CCCCC2)cc1OC. The number of ether oxygens (including phenoxy) is 2. The molecule has 1 saturated carbocycles. The van der Waals surface area contributed by atoms with Crippen molar-refractivity contribution in [2.45, 2.75) is 57.5 Å². The Labute approximate surface area is 144 Å². The number of hydrogen-bond acceptors (Lipinski definition) is 4. The van der Waals surface area contributed by atoms with Crippen LogP contribution in [0.15, 0.2) is 18.2 Å². The molecule has 24 heavy (non-hydrogen) atoms. The van der Waals surface area contributed by atoms with E-state index in [-0.39, 0.29) is 6.42 Å². The van der Waals surface area contributed by atoms with Crippen molar-refractivity contribution in [3.8, 4) is 11.5 Å². The second kappa shape index (κ2) is 9.52. The topological polar surface area (TPSA) is 59.0 Å². The highest BCUT2D eigenvalue weighted by molar-refractivity contribution is 5.66. The first-order valence-corrected chi connectivity index (χ1v) is 8.80. The maximum Gasteiger partial charge on any atom is 0.303 e. The summed E-state index contributed by atoms with van der Waals surface area (Å²) in [6.07, 6.45) is 7.20. The van der Waals surface area contributed by atoms with Gasteiger partial charge < -0.3 is 14.6 Å². The van der Waals surface area contributed by atoms with Crippen molar-refractivity contribution in [2.75, 3.05) is 20.8 Å². The smallest absolute Gasteiger partial charge is 0.303 e. The molecule has 0 bridgehead atoms. The molecule has 1 N–H and O–H groups in total. The quantitative estimate of drug-likeness (QED) is 0.745. The van der Waals surface area contributed by atoms with Gasteiger partial charge in [-0.1, -0.05) is 25.3 Å². The van der Waals surface area contributed by atoms with Gasteiger partial charge in [0.1, 0.15) is 0 Å². The lowest BCUT2D eigenvalue weighted by Gasteiger charge is -2.34. The Hall–Kier alpha value is -1.75. The second-order valence-corrected chi connectivity index (χ2v) is 6.45. The predicted molar refractivity (Wildman–Crippen MR) is 93.7 cm³/mol. The maximum absolute atomic E-state index is 10.8. The van der Waals surface area contributed by atoms with Crippen molar-refractivity contribution in [3.63, 3.8) is 0 Å². The molecule has 1 aromatic rings. The van der Waals surface area contributed by atoms with Crippen LogP contribution < -0.4 is 9.47 Å². The molecule has 0 unspecified atom stereocenters. The van der Waals surface area contributed by atoms with E-state index in [2.05, 4.69) is 11.0 Å². The number of nitrogens with zero attached hydrogens (tertiary/aromatic N) is 1. The number of hydrogen-bond donors (Lipinski definition) is 1. The van der Waals surface area contributed by atoms with Crippen molar-refractivity contribution in [3.05, 3.63) is 23.8 Å². The third-order valence-corrected chi connectivity index (χ3v) is 4.76. The number of carboxylic acids is 1. The van der Waals surface area contributed by atoms with E-state index in [4.69, 9.17) is 14.6 Å². The van der Waals surface area contributed by atoms with Gasteiger partial charge in [0, 0.05) is 19.0 Å². The lowest BCUT2D eigenvalue weighted by Crippen LogP contribution is -2.37. The van der Waals surface area contributed by atoms with E-state index in [0.29, 0.717) is 12.5 Å². The maximum atomic E-state index is 10.8. The number of benzene rings is 1. The van der Waals surface area contributed by atoms with Gasteiger partial charge in [-0.2, -0.15) is 0 Å². The molecule has 0 heterocycles. The number of methoxy groups -OCH3 is 2. The molecule has 5 nitrogen and oxygen atoms in total. The average molecular weight is 335 g/mol. The Morgan fingerprint density at radius 3 is 2.50 bits per heavy atom. The summed E-state index contributed by atoms with van der Waals surface area (Å²) < 4.78 is 10.7. The molecule has 1 aliphatic carbocycles. The van der Waals surface area contributed by atoms with Gasteiger partial charge in [-0.15, -0.1) is 0 Å². The number of aliphatic carboxylic acids is 1. The largest absolute Gasteiger partial charge is 0.493 e. The van der Waals surface area contributed by atoms with Gasteiger partial charge in [-0.25, -0.2) is 0 Å². The van der Waals surface area contributed by atoms with Crippen LogP contribution in [-0.4, -0.2) is 42.8 Å². The molecule has 0 atom stereocenters. The van der Waals surface area contributed by atoms with Crippen LogP contribution in [0.2, 0.25) is 0 Å². The highest BCUT2D eigenvalue weighted by atomic mass is 16.5. The predicted octanol–water partition coefficient (Wildman–Crippen LogP) is 3.70. The molecular weight excluding hydrogens is 306 g/mol. The fraction of sp³-hybridized carbons (Fsp3) is 0.632. The minimum atomic E-state index is -0.718. The molecule has 2 rings (SSSR count). The Morgan fingerprint density at radius 2 is 1.88 bits per heavy atom. The van der Waals surface area contributed by atoms with Crippen LogP contribution in [0.1, 0.15) is 50.5 Å². The van der Waals surface area contributed by atoms with Crippen LogP contribution in [0.4, 0.5) is 0 Å². The first-order valence-electron chi connectivity index (χ1n) is 8.80. The van der Waals surface area contributed by atoms with Gasteiger partial charge >= 0.3 is 5.97 Å². The van der Waals surface area contributed by atoms with E-state index in [1.165, 1.54) is 37.7 Å². The summed E-state index contributed by atoms with van der Waals surface area (Å²) in [4.78, 5) is 13.3. The molecule has 0 saturated heterocycles. The minimum absolute atomic E-state index is 0.231. The van der Waals surface area contributed by atoms with Crippen LogP contribution in [0.3, 0.4) is 0 Å². The lowest BCUT2D eigenvalue weighted by atomic mass is 9.93. The standard InChI is InChI=1S/C19H29NO4/c1-23-17-11-10-15(13-18(17)24-2)14-20(12-6-9-19(21)22)16-7-4-3-5-8-16/h10-11,13,16H,3-9,12,14H2,1-2H3,(H,21,22). The van der Waals surface area contributed by atoms with Crippen LogP contribution in [0.25, 0.3) is 0 Å². The fourth-order valence-corrected chi connectivity index (χ4v) is 3.48. The second-order valence-electron chi connectivity index (χ2n) is 6.45. The number of carboxylic acid groups (broad SMARTS) is 1. The summed E-state index contributed by atoms with van der Waals surface area (Å²) in [5.74, 6) is 0.755. The molecular formula is C19H29NO4. The summed E-state index contributed by atoms with van der Waals surface area (Å²) in [5, 5.41) is 8.90. The van der Waals surface area contributed by atoms with Crippen molar-refractivity contribution in [1.82, 2.24) is 4.90 Å². The van der Waals surface area contributed by atoms with Gasteiger partial charge in [0.05, 0.1) is 14.2 Å². The van der Waals surface area contributed by atoms with Gasteiger partial charge in [0.15, 0.2) is 11.5 Å². The van der Waals surface area contributed by atoms with E-state index in [1.54, 1.807) is 14.2 Å². The Morgan fingerprint density at radius 1 is 1.17 bits per heavy atom. The van der Waals surface area contributed by atoms with E-state index in [9.17, 15) is 4.79 Å². The molecule has 0 spiro atoms. The van der Waals surface area contributed by atoms with Gasteiger partial charge in [-0.05, 0) is 43.5 Å². The first-order chi connectivity index (χ1) is 11.6. The third kappa shape index (κ3) is 5.41. The number of rotatable bonds is 9. The van der Waals surface area contributed by atoms with Crippen molar-refractivity contribution in [1.29, 1.82) is 0 Å². The highest BCUT2D eigenvalue weighted by Crippen LogP contribution is 2.30. The minimum Gasteiger partial charge on any atom is -0.493 e. The molecule has 0 aliphatic heterocycles. The molecule has 5 heteroatoms. The van der Waals surface area contributed by atoms with Crippen molar-refractivity contribution >= 4 is 5.97 Å². The zero-order chi connectivity index (χ0) is 17.4.